The molecule has 0 heterocycles. The summed E-state index contributed by atoms with van der Waals surface area (Å²) in [5.41, 5.74) is 5.39. The first-order chi connectivity index (χ1) is 11.0. The maximum atomic E-state index is 12.0. The van der Waals surface area contributed by atoms with Gasteiger partial charge in [0, 0.05) is 24.5 Å². The molecule has 4 N–H and O–H groups in total. The lowest BCUT2D eigenvalue weighted by Crippen LogP contribution is -2.34. The van der Waals surface area contributed by atoms with E-state index in [1.807, 2.05) is 0 Å². The van der Waals surface area contributed by atoms with E-state index in [9.17, 15) is 13.2 Å². The Labute approximate surface area is 155 Å². The first-order valence-electron chi connectivity index (χ1n) is 7.67. The highest BCUT2D eigenvalue weighted by atomic mass is 35.5. The third-order valence-electron chi connectivity index (χ3n) is 3.20. The van der Waals surface area contributed by atoms with Crippen LogP contribution in [0.2, 0.25) is 5.02 Å². The number of nitrogens with one attached hydrogen (secondary N) is 2. The van der Waals surface area contributed by atoms with E-state index in [0.29, 0.717) is 18.0 Å². The molecule has 0 aromatic heterocycles. The molecule has 0 bridgehead atoms. The van der Waals surface area contributed by atoms with Crippen molar-refractivity contribution in [3.05, 3.63) is 29.3 Å². The molecule has 24 heavy (non-hydrogen) atoms. The molecule has 9 heteroatoms. The summed E-state index contributed by atoms with van der Waals surface area (Å²) in [7, 11) is -3.61. The second-order valence-electron chi connectivity index (χ2n) is 5.16. The van der Waals surface area contributed by atoms with Crippen LogP contribution in [0.25, 0.3) is 0 Å². The van der Waals surface area contributed by atoms with Crippen LogP contribution in [0.1, 0.15) is 32.1 Å². The van der Waals surface area contributed by atoms with Gasteiger partial charge in [-0.1, -0.05) is 30.5 Å². The van der Waals surface area contributed by atoms with E-state index in [0.717, 1.165) is 25.7 Å². The van der Waals surface area contributed by atoms with Crippen molar-refractivity contribution in [3.63, 3.8) is 0 Å². The van der Waals surface area contributed by atoms with E-state index >= 15 is 0 Å². The van der Waals surface area contributed by atoms with Crippen LogP contribution < -0.4 is 15.8 Å². The maximum Gasteiger partial charge on any atom is 0.240 e. The molecular formula is C15H25Cl2N3O3S. The van der Waals surface area contributed by atoms with Crippen molar-refractivity contribution in [3.8, 4) is 0 Å². The zero-order chi connectivity index (χ0) is 17.1. The Balaban J connectivity index is 0.00000529. The normalized spacial score (nSPS) is 10.9. The molecule has 1 rings (SSSR count). The van der Waals surface area contributed by atoms with Crippen LogP contribution >= 0.6 is 24.0 Å². The second kappa shape index (κ2) is 12.5. The van der Waals surface area contributed by atoms with Crippen LogP contribution in [0.3, 0.4) is 0 Å². The van der Waals surface area contributed by atoms with Gasteiger partial charge in [-0.15, -0.1) is 12.4 Å². The molecule has 0 unspecified atom stereocenters. The van der Waals surface area contributed by atoms with Crippen molar-refractivity contribution < 1.29 is 13.2 Å². The fourth-order valence-corrected chi connectivity index (χ4v) is 3.31. The number of nitrogens with two attached hydrogens (primary N) is 1. The Morgan fingerprint density at radius 3 is 2.50 bits per heavy atom. The van der Waals surface area contributed by atoms with Gasteiger partial charge in [0.15, 0.2) is 0 Å². The van der Waals surface area contributed by atoms with Crippen LogP contribution in [0, 0.1) is 0 Å². The van der Waals surface area contributed by atoms with Crippen molar-refractivity contribution in [2.75, 3.05) is 19.6 Å². The fourth-order valence-electron chi connectivity index (χ4n) is 1.98. The first-order valence-corrected chi connectivity index (χ1v) is 9.54. The van der Waals surface area contributed by atoms with Gasteiger partial charge in [-0.25, -0.2) is 13.1 Å². The van der Waals surface area contributed by atoms with Crippen LogP contribution in [0.5, 0.6) is 0 Å². The van der Waals surface area contributed by atoms with Gasteiger partial charge in [-0.3, -0.25) is 4.79 Å². The van der Waals surface area contributed by atoms with Crippen molar-refractivity contribution >= 4 is 39.9 Å². The number of rotatable bonds is 11. The average molecular weight is 398 g/mol. The standard InChI is InChI=1S/C15H24ClN3O3S.ClH/c16-13-6-5-7-14(12-13)23(21,22)19-11-10-18-15(20)8-3-1-2-4-9-17;/h5-7,12,19H,1-4,8-11,17H2,(H,18,20);1H. The lowest BCUT2D eigenvalue weighted by atomic mass is 10.1. The molecule has 0 atom stereocenters. The monoisotopic (exact) mass is 397 g/mol. The summed E-state index contributed by atoms with van der Waals surface area (Å²) in [4.78, 5) is 11.7. The minimum absolute atomic E-state index is 0. The van der Waals surface area contributed by atoms with E-state index < -0.39 is 10.0 Å². The Morgan fingerprint density at radius 2 is 1.83 bits per heavy atom. The zero-order valence-corrected chi connectivity index (χ0v) is 15.9. The van der Waals surface area contributed by atoms with E-state index in [4.69, 9.17) is 17.3 Å². The Hall–Kier alpha value is -0.860. The molecule has 0 radical (unpaired) electrons. The number of hydrogen-bond acceptors (Lipinski definition) is 4. The molecule has 6 nitrogen and oxygen atoms in total. The first kappa shape index (κ1) is 23.1. The third kappa shape index (κ3) is 9.44. The molecule has 0 aliphatic carbocycles. The number of hydrogen-bond donors (Lipinski definition) is 3. The topological polar surface area (TPSA) is 101 Å². The van der Waals surface area contributed by atoms with E-state index in [-0.39, 0.29) is 36.3 Å². The SMILES string of the molecule is Cl.NCCCCCCC(=O)NCCNS(=O)(=O)c1cccc(Cl)c1. The largest absolute Gasteiger partial charge is 0.355 e. The van der Waals surface area contributed by atoms with Gasteiger partial charge in [0.05, 0.1) is 4.90 Å². The minimum Gasteiger partial charge on any atom is -0.355 e. The molecule has 0 spiro atoms. The predicted octanol–water partition coefficient (Wildman–Crippen LogP) is 2.07. The maximum absolute atomic E-state index is 12.0. The fraction of sp³-hybridized carbons (Fsp3) is 0.533. The summed E-state index contributed by atoms with van der Waals surface area (Å²) >= 11 is 5.78. The van der Waals surface area contributed by atoms with Crippen molar-refractivity contribution in [2.45, 2.75) is 37.0 Å². The summed E-state index contributed by atoms with van der Waals surface area (Å²) in [6.07, 6.45) is 4.26. The van der Waals surface area contributed by atoms with Crippen molar-refractivity contribution in [1.29, 1.82) is 0 Å². The quantitative estimate of drug-likeness (QED) is 0.497. The number of carbonyl (C=O) groups is 1. The van der Waals surface area contributed by atoms with E-state index in [2.05, 4.69) is 10.0 Å². The van der Waals surface area contributed by atoms with Gasteiger partial charge < -0.3 is 11.1 Å². The number of halogens is 2. The van der Waals surface area contributed by atoms with Gasteiger partial charge >= 0.3 is 0 Å². The summed E-state index contributed by atoms with van der Waals surface area (Å²) < 4.78 is 26.4. The molecule has 1 aromatic rings. The van der Waals surface area contributed by atoms with Gasteiger partial charge in [0.2, 0.25) is 15.9 Å². The molecular weight excluding hydrogens is 373 g/mol. The molecule has 0 aliphatic rings. The zero-order valence-electron chi connectivity index (χ0n) is 13.5. The number of amides is 1. The summed E-state index contributed by atoms with van der Waals surface area (Å²) in [6.45, 7) is 1.06. The molecule has 1 aromatic carbocycles. The molecule has 0 saturated heterocycles. The van der Waals surface area contributed by atoms with E-state index in [1.165, 1.54) is 12.1 Å². The van der Waals surface area contributed by atoms with Gasteiger partial charge in [-0.05, 0) is 37.6 Å². The van der Waals surface area contributed by atoms with Crippen molar-refractivity contribution in [1.82, 2.24) is 10.0 Å². The number of benzene rings is 1. The van der Waals surface area contributed by atoms with Crippen LogP contribution in [-0.2, 0) is 14.8 Å². The Bertz CT molecular complexity index is 597. The van der Waals surface area contributed by atoms with Crippen LogP contribution in [0.4, 0.5) is 0 Å². The minimum atomic E-state index is -3.61. The van der Waals surface area contributed by atoms with E-state index in [1.54, 1.807) is 12.1 Å². The highest BCUT2D eigenvalue weighted by molar-refractivity contribution is 7.89. The van der Waals surface area contributed by atoms with Crippen LogP contribution in [0.15, 0.2) is 29.2 Å². The highest BCUT2D eigenvalue weighted by Gasteiger charge is 2.13. The summed E-state index contributed by atoms with van der Waals surface area (Å²) in [5, 5.41) is 3.05. The summed E-state index contributed by atoms with van der Waals surface area (Å²) in [5.74, 6) is -0.0697. The summed E-state index contributed by atoms with van der Waals surface area (Å²) in [6, 6.07) is 6.02. The molecule has 0 saturated carbocycles. The Morgan fingerprint density at radius 1 is 1.12 bits per heavy atom. The van der Waals surface area contributed by atoms with Crippen molar-refractivity contribution in [2.24, 2.45) is 5.73 Å². The number of carbonyl (C=O) groups excluding carboxylic acids is 1. The number of unbranched alkanes of at least 4 members (excludes halogenated alkanes) is 3. The lowest BCUT2D eigenvalue weighted by molar-refractivity contribution is -0.121. The molecule has 138 valence electrons. The molecule has 1 amide bonds. The second-order valence-corrected chi connectivity index (χ2v) is 7.36. The van der Waals surface area contributed by atoms with Gasteiger partial charge in [-0.2, -0.15) is 0 Å². The highest BCUT2D eigenvalue weighted by Crippen LogP contribution is 2.14. The third-order valence-corrected chi connectivity index (χ3v) is 4.90. The van der Waals surface area contributed by atoms with Gasteiger partial charge in [0.25, 0.3) is 0 Å². The molecule has 0 fully saturated rings. The predicted molar refractivity (Wildman–Crippen MR) is 99.0 cm³/mol. The number of sulfonamides is 1. The van der Waals surface area contributed by atoms with Crippen LogP contribution in [-0.4, -0.2) is 34.0 Å². The lowest BCUT2D eigenvalue weighted by Gasteiger charge is -2.08. The molecule has 0 aliphatic heterocycles. The van der Waals surface area contributed by atoms with Gasteiger partial charge in [0.1, 0.15) is 0 Å². The Kier molecular flexibility index (Phi) is 12.0. The smallest absolute Gasteiger partial charge is 0.240 e. The average Bonchev–Trinajstić information content (AvgIpc) is 2.51.